The molecule has 5 N–H and O–H groups in total. The number of anilines is 1. The monoisotopic (exact) mass is 1030 g/mol. The zero-order valence-corrected chi connectivity index (χ0v) is 38.7. The third kappa shape index (κ3) is 13.7. The summed E-state index contributed by atoms with van der Waals surface area (Å²) in [5, 5.41) is 28.6. The summed E-state index contributed by atoms with van der Waals surface area (Å²) in [7, 11) is 0. The zero-order valence-electron chi connectivity index (χ0n) is 38.7. The maximum atomic E-state index is 13.7. The summed E-state index contributed by atoms with van der Waals surface area (Å²) in [5.74, 6) is -2.65. The Hall–Kier alpha value is -7.11. The highest BCUT2D eigenvalue weighted by Gasteiger charge is 2.38. The molecule has 23 heteroatoms. The third-order valence-electron chi connectivity index (χ3n) is 12.5. The van der Waals surface area contributed by atoms with E-state index in [0.717, 1.165) is 37.1 Å². The van der Waals surface area contributed by atoms with E-state index in [1.807, 2.05) is 12.1 Å². The highest BCUT2D eigenvalue weighted by atomic mass is 19.4. The van der Waals surface area contributed by atoms with Crippen LogP contribution in [-0.2, 0) is 31.4 Å². The lowest BCUT2D eigenvalue weighted by molar-refractivity contribution is -0.142. The van der Waals surface area contributed by atoms with Gasteiger partial charge in [0.2, 0.25) is 11.6 Å². The van der Waals surface area contributed by atoms with Crippen LogP contribution in [0.25, 0.3) is 45.7 Å². The first-order chi connectivity index (χ1) is 34.9. The molecule has 4 fully saturated rings. The van der Waals surface area contributed by atoms with E-state index in [9.17, 15) is 40.3 Å². The molecule has 2 aliphatic heterocycles. The van der Waals surface area contributed by atoms with Crippen molar-refractivity contribution < 1.29 is 78.5 Å². The SMILES string of the molecule is Fc1ccc(-c2nc(-c3ccc(OC4CCOC4)c(C(F)(F)F)c3)no2)cc1.N[C@H]1CC[C@@H](C(=O)O)C1.O=C(O)[C@@H]1CC[C@H](Nc2ccc(-c3nc(-c4ccc(OC5CCOC5)c(C(F)(F)F)c4)no3)cc2)C1. The number of aromatic nitrogens is 4. The molecule has 6 atom stereocenters. The number of nitrogens with one attached hydrogen (secondary N) is 1. The van der Waals surface area contributed by atoms with Gasteiger partial charge in [0.15, 0.2) is 0 Å². The molecule has 2 saturated carbocycles. The number of alkyl halides is 6. The summed E-state index contributed by atoms with van der Waals surface area (Å²) in [4.78, 5) is 29.8. The summed E-state index contributed by atoms with van der Waals surface area (Å²) in [5.41, 5.74) is 5.82. The number of carboxylic acid groups (broad SMARTS) is 2. The minimum absolute atomic E-state index is 0.0134. The number of halogens is 7. The lowest BCUT2D eigenvalue weighted by Gasteiger charge is -2.17. The van der Waals surface area contributed by atoms with Gasteiger partial charge >= 0.3 is 24.3 Å². The molecule has 388 valence electrons. The summed E-state index contributed by atoms with van der Waals surface area (Å²) >= 11 is 0. The molecule has 73 heavy (non-hydrogen) atoms. The first kappa shape index (κ1) is 52.2. The normalized spacial score (nSPS) is 21.7. The van der Waals surface area contributed by atoms with Crippen LogP contribution in [0.1, 0.15) is 62.5 Å². The summed E-state index contributed by atoms with van der Waals surface area (Å²) < 4.78 is 126. The number of aliphatic carboxylic acids is 2. The van der Waals surface area contributed by atoms with Gasteiger partial charge in [-0.2, -0.15) is 36.3 Å². The number of benzene rings is 4. The molecule has 4 aromatic carbocycles. The highest BCUT2D eigenvalue weighted by Crippen LogP contribution is 2.41. The molecule has 0 bridgehead atoms. The van der Waals surface area contributed by atoms with Gasteiger partial charge in [-0.15, -0.1) is 0 Å². The van der Waals surface area contributed by atoms with E-state index in [1.54, 1.807) is 12.1 Å². The Balaban J connectivity index is 0.000000170. The van der Waals surface area contributed by atoms with Crippen LogP contribution in [-0.4, -0.2) is 93.2 Å². The number of nitrogens with two attached hydrogens (primary N) is 1. The van der Waals surface area contributed by atoms with Gasteiger partial charge in [-0.05, 0) is 123 Å². The van der Waals surface area contributed by atoms with Crippen molar-refractivity contribution in [1.29, 1.82) is 0 Å². The summed E-state index contributed by atoms with van der Waals surface area (Å²) in [6, 6.07) is 20.0. The highest BCUT2D eigenvalue weighted by molar-refractivity contribution is 5.71. The Kier molecular flexibility index (Phi) is 16.3. The Morgan fingerprint density at radius 2 is 1.05 bits per heavy atom. The summed E-state index contributed by atoms with van der Waals surface area (Å²) in [6.07, 6.45) is -4.71. The minimum atomic E-state index is -4.62. The first-order valence-electron chi connectivity index (χ1n) is 23.3. The predicted molar refractivity (Wildman–Crippen MR) is 245 cm³/mol. The van der Waals surface area contributed by atoms with Crippen molar-refractivity contribution in [3.63, 3.8) is 0 Å². The molecular formula is C50H49F7N6O10. The molecule has 16 nitrogen and oxygen atoms in total. The molecule has 10 rings (SSSR count). The lowest BCUT2D eigenvalue weighted by atomic mass is 10.1. The second kappa shape index (κ2) is 22.8. The number of ether oxygens (including phenoxy) is 4. The van der Waals surface area contributed by atoms with E-state index in [2.05, 4.69) is 25.6 Å². The van der Waals surface area contributed by atoms with Crippen molar-refractivity contribution in [2.75, 3.05) is 31.7 Å². The van der Waals surface area contributed by atoms with Crippen molar-refractivity contribution in [2.45, 2.75) is 88.0 Å². The van der Waals surface area contributed by atoms with E-state index >= 15 is 0 Å². The number of hydrogen-bond acceptors (Lipinski definition) is 14. The van der Waals surface area contributed by atoms with E-state index < -0.39 is 53.4 Å². The molecule has 0 spiro atoms. The second-order valence-corrected chi connectivity index (χ2v) is 17.9. The molecule has 4 aliphatic rings. The maximum Gasteiger partial charge on any atom is 0.419 e. The minimum Gasteiger partial charge on any atom is -0.487 e. The van der Waals surface area contributed by atoms with Crippen LogP contribution >= 0.6 is 0 Å². The fourth-order valence-corrected chi connectivity index (χ4v) is 8.59. The van der Waals surface area contributed by atoms with E-state index in [-0.39, 0.29) is 83.2 Å². The van der Waals surface area contributed by atoms with Gasteiger partial charge in [0, 0.05) is 52.9 Å². The maximum absolute atomic E-state index is 13.7. The van der Waals surface area contributed by atoms with Gasteiger partial charge < -0.3 is 49.3 Å². The van der Waals surface area contributed by atoms with Crippen LogP contribution in [0.5, 0.6) is 11.5 Å². The van der Waals surface area contributed by atoms with Gasteiger partial charge in [-0.3, -0.25) is 9.59 Å². The molecule has 6 aromatic rings. The number of carboxylic acids is 2. The fraction of sp³-hybridized carbons (Fsp3) is 0.400. The number of nitrogens with zero attached hydrogens (tertiary/aromatic N) is 4. The largest absolute Gasteiger partial charge is 0.487 e. The average Bonchev–Trinajstić information content (AvgIpc) is 4.22. The van der Waals surface area contributed by atoms with Crippen molar-refractivity contribution in [1.82, 2.24) is 20.3 Å². The standard InChI is InChI=1S/C25H24F3N3O5.C19H14F4N2O3.C6H11NO2/c26-25(27,28)20-12-15(4-8-21(20)35-19-9-10-34-13-19)22-30-23(36-31-22)14-1-5-17(6-2-14)29-18-7-3-16(11-18)24(32)33;20-13-4-1-11(2-5-13)18-24-17(25-28-18)12-3-6-16(15(9-12)19(21,22)23)27-14-7-8-26-10-14;7-5-2-1-4(3-5)6(8)9/h1-2,4-6,8,12,16,18-19,29H,3,7,9-11,13H2,(H,32,33);1-6,9,14H,7-8,10H2;4-5H,1-3,7H2,(H,8,9)/t16-,18+,19?;;4-,5+/m1.1/s1. The third-order valence-corrected chi connectivity index (χ3v) is 12.5. The Labute approximate surface area is 412 Å². The smallest absolute Gasteiger partial charge is 0.419 e. The van der Waals surface area contributed by atoms with E-state index in [0.29, 0.717) is 56.4 Å². The quantitative estimate of drug-likeness (QED) is 0.0836. The molecular weight excluding hydrogens is 978 g/mol. The average molecular weight is 1030 g/mol. The molecule has 2 unspecified atom stereocenters. The van der Waals surface area contributed by atoms with Gasteiger partial charge in [0.05, 0.1) is 49.4 Å². The lowest BCUT2D eigenvalue weighted by Crippen LogP contribution is -2.18. The van der Waals surface area contributed by atoms with Crippen LogP contribution in [0, 0.1) is 17.7 Å². The van der Waals surface area contributed by atoms with Crippen LogP contribution in [0.4, 0.5) is 36.4 Å². The van der Waals surface area contributed by atoms with Gasteiger partial charge in [-0.1, -0.05) is 10.3 Å². The van der Waals surface area contributed by atoms with E-state index in [1.165, 1.54) is 48.5 Å². The second-order valence-electron chi connectivity index (χ2n) is 17.9. The number of rotatable bonds is 12. The van der Waals surface area contributed by atoms with Crippen molar-refractivity contribution in [3.05, 3.63) is 102 Å². The Morgan fingerprint density at radius 3 is 1.45 bits per heavy atom. The predicted octanol–water partition coefficient (Wildman–Crippen LogP) is 10.2. The molecule has 0 amide bonds. The Morgan fingerprint density at radius 1 is 0.603 bits per heavy atom. The van der Waals surface area contributed by atoms with Crippen molar-refractivity contribution >= 4 is 17.6 Å². The van der Waals surface area contributed by atoms with Crippen LogP contribution < -0.4 is 20.5 Å². The van der Waals surface area contributed by atoms with Crippen molar-refractivity contribution in [3.8, 4) is 57.2 Å². The number of carbonyl (C=O) groups is 2. The fourth-order valence-electron chi connectivity index (χ4n) is 8.59. The molecule has 2 aromatic heterocycles. The topological polar surface area (TPSA) is 227 Å². The molecule has 2 saturated heterocycles. The van der Waals surface area contributed by atoms with Crippen LogP contribution in [0.15, 0.2) is 94.0 Å². The first-order valence-corrected chi connectivity index (χ1v) is 23.3. The number of hydrogen-bond donors (Lipinski definition) is 4. The van der Waals surface area contributed by atoms with Crippen LogP contribution in [0.3, 0.4) is 0 Å². The molecule has 0 radical (unpaired) electrons. The van der Waals surface area contributed by atoms with Gasteiger partial charge in [0.25, 0.3) is 11.8 Å². The molecule has 4 heterocycles. The van der Waals surface area contributed by atoms with Gasteiger partial charge in [-0.25, -0.2) is 4.39 Å². The summed E-state index contributed by atoms with van der Waals surface area (Å²) in [6.45, 7) is 1.42. The zero-order chi connectivity index (χ0) is 51.9. The van der Waals surface area contributed by atoms with Crippen molar-refractivity contribution in [2.24, 2.45) is 17.6 Å². The van der Waals surface area contributed by atoms with Gasteiger partial charge in [0.1, 0.15) is 29.5 Å². The van der Waals surface area contributed by atoms with Crippen LogP contribution in [0.2, 0.25) is 0 Å². The molecule has 2 aliphatic carbocycles. The van der Waals surface area contributed by atoms with E-state index in [4.69, 9.17) is 43.9 Å². The Bertz CT molecular complexity index is 2810.